The van der Waals surface area contributed by atoms with Gasteiger partial charge in [0.05, 0.1) is 42.5 Å². The van der Waals surface area contributed by atoms with Crippen LogP contribution in [0.25, 0.3) is 33.4 Å². The van der Waals surface area contributed by atoms with Gasteiger partial charge in [0.25, 0.3) is 5.91 Å². The van der Waals surface area contributed by atoms with Crippen LogP contribution in [0.5, 0.6) is 0 Å². The summed E-state index contributed by atoms with van der Waals surface area (Å²) in [7, 11) is 3.95. The number of carbonyl (C=O) groups is 3. The highest BCUT2D eigenvalue weighted by molar-refractivity contribution is 7.10. The maximum absolute atomic E-state index is 14.7. The summed E-state index contributed by atoms with van der Waals surface area (Å²) in [6.45, 7) is 19.8. The zero-order valence-electron chi connectivity index (χ0n) is 43.0. The fourth-order valence-corrected chi connectivity index (χ4v) is 11.3. The molecule has 2 N–H and O–H groups in total. The maximum atomic E-state index is 14.7. The molecule has 0 radical (unpaired) electrons. The number of carbonyl (C=O) groups excluding carboxylic acids is 3. The molecule has 0 bridgehead atoms. The summed E-state index contributed by atoms with van der Waals surface area (Å²) in [6.07, 6.45) is 7.40. The lowest BCUT2D eigenvalue weighted by atomic mass is 9.91. The van der Waals surface area contributed by atoms with Gasteiger partial charge in [0, 0.05) is 79.5 Å². The molecule has 70 heavy (non-hydrogen) atoms. The molecule has 16 heteroatoms. The highest BCUT2D eigenvalue weighted by Gasteiger charge is 2.50. The number of amides is 2. The highest BCUT2D eigenvalue weighted by atomic mass is 32.1. The fourth-order valence-electron chi connectivity index (χ4n) is 10.3. The normalized spacial score (nSPS) is 24.0. The van der Waals surface area contributed by atoms with E-state index in [0.29, 0.717) is 43.5 Å². The zero-order valence-corrected chi connectivity index (χ0v) is 43.8. The van der Waals surface area contributed by atoms with Crippen molar-refractivity contribution in [3.8, 4) is 22.5 Å². The number of rotatable bonds is 18. The van der Waals surface area contributed by atoms with Crippen LogP contribution in [0.2, 0.25) is 0 Å². The number of methoxy groups -OCH3 is 1. The van der Waals surface area contributed by atoms with E-state index in [2.05, 4.69) is 84.6 Å². The van der Waals surface area contributed by atoms with Gasteiger partial charge in [-0.05, 0) is 132 Å². The van der Waals surface area contributed by atoms with Gasteiger partial charge in [-0.15, -0.1) is 11.3 Å². The van der Waals surface area contributed by atoms with E-state index in [1.54, 1.807) is 7.11 Å². The Balaban J connectivity index is 1.12. The first-order valence-corrected chi connectivity index (χ1v) is 26.7. The van der Waals surface area contributed by atoms with Crippen LogP contribution < -0.4 is 10.7 Å². The summed E-state index contributed by atoms with van der Waals surface area (Å²) in [6, 6.07) is 9.27. The summed E-state index contributed by atoms with van der Waals surface area (Å²) in [4.78, 5) is 54.6. The second-order valence-electron chi connectivity index (χ2n) is 21.3. The van der Waals surface area contributed by atoms with E-state index in [1.165, 1.54) is 21.9 Å². The average molecular weight is 984 g/mol. The molecule has 0 spiro atoms. The Hall–Kier alpha value is -4.29. The molecule has 8 rings (SSSR count). The van der Waals surface area contributed by atoms with Crippen molar-refractivity contribution < 1.29 is 38.1 Å². The van der Waals surface area contributed by atoms with Crippen molar-refractivity contribution in [2.24, 2.45) is 23.2 Å². The van der Waals surface area contributed by atoms with Gasteiger partial charge in [-0.3, -0.25) is 24.4 Å². The smallest absolute Gasteiger partial charge is 0.324 e. The Bertz CT molecular complexity index is 2420. The van der Waals surface area contributed by atoms with E-state index in [-0.39, 0.29) is 60.4 Å². The van der Waals surface area contributed by atoms with Crippen LogP contribution in [-0.4, -0.2) is 127 Å². The number of hydrogen-bond donors (Lipinski definition) is 2. The van der Waals surface area contributed by atoms with Crippen molar-refractivity contribution in [2.75, 3.05) is 66.8 Å². The fraction of sp³-hybridized carbons (Fsp3) is 0.648. The number of nitrogens with one attached hydrogen (secondary N) is 2. The lowest BCUT2D eigenvalue weighted by molar-refractivity contribution is -0.156. The van der Waals surface area contributed by atoms with E-state index in [0.717, 1.165) is 97.5 Å². The highest BCUT2D eigenvalue weighted by Crippen LogP contribution is 2.46. The number of thiazole rings is 1. The van der Waals surface area contributed by atoms with Gasteiger partial charge in [0.15, 0.2) is 0 Å². The second kappa shape index (κ2) is 23.1. The summed E-state index contributed by atoms with van der Waals surface area (Å²) in [5, 5.41) is 8.18. The Labute approximate surface area is 418 Å². The van der Waals surface area contributed by atoms with Gasteiger partial charge in [-0.25, -0.2) is 10.4 Å². The van der Waals surface area contributed by atoms with Crippen LogP contribution >= 0.6 is 11.3 Å². The van der Waals surface area contributed by atoms with E-state index < -0.39 is 24.2 Å². The quantitative estimate of drug-likeness (QED) is 0.0918. The Kier molecular flexibility index (Phi) is 17.2. The minimum atomic E-state index is -1.10. The third kappa shape index (κ3) is 12.3. The van der Waals surface area contributed by atoms with Gasteiger partial charge < -0.3 is 38.5 Å². The minimum absolute atomic E-state index is 0.173. The van der Waals surface area contributed by atoms with Crippen molar-refractivity contribution in [1.82, 2.24) is 35.2 Å². The number of hydrazine groups is 1. The van der Waals surface area contributed by atoms with Gasteiger partial charge >= 0.3 is 5.97 Å². The Morgan fingerprint density at radius 2 is 1.77 bits per heavy atom. The van der Waals surface area contributed by atoms with Gasteiger partial charge in [-0.1, -0.05) is 40.7 Å². The molecular weight excluding hydrogens is 907 g/mol. The molecule has 2 amide bonds. The minimum Gasteiger partial charge on any atom is -0.464 e. The standard InChI is InChI=1S/C54H77N7O8S/c1-10-67-49(48(57-50(62)46-33(2)34(46)3)52(63)61-21-12-14-42(58-61)53(64)69-32-54(5,6)7)51-56-43(31-70-51)37-15-16-44-38(27-37)29-45(60(44)23-26-68-40-18-24-66-25-19-40)41-28-39(30-55-47(41)35(4)65-9)36-13-11-20-59(8)22-17-36/h15-16,27-31,33-36,40,42,46,48-49,58H,10-14,17-26,32H2,1-9H3,(H,57,62)/t33-,34+,35-,36-,42-,46?,48-,49-/m0/s1. The van der Waals surface area contributed by atoms with Crippen molar-refractivity contribution in [3.63, 3.8) is 0 Å². The first kappa shape index (κ1) is 52.0. The summed E-state index contributed by atoms with van der Waals surface area (Å²) in [5.74, 6) is -0.364. The number of nitrogens with zero attached hydrogens (tertiary/aromatic N) is 5. The summed E-state index contributed by atoms with van der Waals surface area (Å²) in [5.41, 5.74) is 9.94. The number of aromatic nitrogens is 3. The van der Waals surface area contributed by atoms with Gasteiger partial charge in [0.1, 0.15) is 23.2 Å². The van der Waals surface area contributed by atoms with Gasteiger partial charge in [0.2, 0.25) is 5.91 Å². The largest absolute Gasteiger partial charge is 0.464 e. The summed E-state index contributed by atoms with van der Waals surface area (Å²) < 4.78 is 32.5. The molecule has 3 aliphatic heterocycles. The molecule has 3 saturated heterocycles. The average Bonchev–Trinajstić information content (AvgIpc) is 3.60. The molecule has 4 fully saturated rings. The van der Waals surface area contributed by atoms with E-state index in [9.17, 15) is 14.4 Å². The first-order valence-electron chi connectivity index (χ1n) is 25.8. The van der Waals surface area contributed by atoms with Crippen LogP contribution in [0.15, 0.2) is 41.9 Å². The molecule has 8 atom stereocenters. The zero-order chi connectivity index (χ0) is 49.7. The number of pyridine rings is 1. The van der Waals surface area contributed by atoms with Crippen molar-refractivity contribution in [2.45, 2.75) is 136 Å². The summed E-state index contributed by atoms with van der Waals surface area (Å²) >= 11 is 1.40. The number of fused-ring (bicyclic) bond motifs is 1. The number of esters is 1. The van der Waals surface area contributed by atoms with E-state index >= 15 is 0 Å². The Morgan fingerprint density at radius 3 is 2.50 bits per heavy atom. The molecule has 15 nitrogen and oxygen atoms in total. The molecule has 1 unspecified atom stereocenters. The molecule has 4 aromatic rings. The van der Waals surface area contributed by atoms with Crippen LogP contribution in [0.3, 0.4) is 0 Å². The number of benzene rings is 1. The van der Waals surface area contributed by atoms with E-state index in [4.69, 9.17) is 33.7 Å². The van der Waals surface area contributed by atoms with Crippen molar-refractivity contribution >= 4 is 40.0 Å². The predicted octanol–water partition coefficient (Wildman–Crippen LogP) is 8.48. The molecule has 6 heterocycles. The lowest BCUT2D eigenvalue weighted by Gasteiger charge is -2.36. The molecule has 382 valence electrons. The van der Waals surface area contributed by atoms with E-state index in [1.807, 2.05) is 33.1 Å². The maximum Gasteiger partial charge on any atom is 0.324 e. The Morgan fingerprint density at radius 1 is 1.00 bits per heavy atom. The SMILES string of the molecule is CCO[C@H](c1nc(-c2ccc3c(c2)cc(-c2cc([C@H]4CCCN(C)CC4)cnc2[C@H](C)OC)n3CCOC2CCOCC2)cs1)[C@H](NC(=O)C1[C@@H](C)[C@H]1C)C(=O)N1CCC[C@@H](C(=O)OCC(C)(C)C)N1. The van der Waals surface area contributed by atoms with Crippen LogP contribution in [-0.2, 0) is 44.6 Å². The van der Waals surface area contributed by atoms with Crippen molar-refractivity contribution in [1.29, 1.82) is 0 Å². The van der Waals surface area contributed by atoms with Gasteiger partial charge in [-0.2, -0.15) is 0 Å². The number of hydrogen-bond acceptors (Lipinski definition) is 13. The lowest BCUT2D eigenvalue weighted by Crippen LogP contribution is -2.61. The molecular formula is C54H77N7O8S. The third-order valence-electron chi connectivity index (χ3n) is 14.9. The number of likely N-dealkylation sites (tertiary alicyclic amines) is 1. The van der Waals surface area contributed by atoms with Crippen LogP contribution in [0.4, 0.5) is 0 Å². The van der Waals surface area contributed by atoms with Crippen LogP contribution in [0, 0.1) is 23.2 Å². The number of ether oxygens (including phenoxy) is 5. The predicted molar refractivity (Wildman–Crippen MR) is 272 cm³/mol. The monoisotopic (exact) mass is 984 g/mol. The molecule has 1 aliphatic carbocycles. The first-order chi connectivity index (χ1) is 33.6. The molecule has 1 saturated carbocycles. The second-order valence-corrected chi connectivity index (χ2v) is 22.2. The molecule has 1 aromatic carbocycles. The van der Waals surface area contributed by atoms with Crippen LogP contribution in [0.1, 0.15) is 128 Å². The third-order valence-corrected chi connectivity index (χ3v) is 15.8. The van der Waals surface area contributed by atoms with Crippen molar-refractivity contribution in [3.05, 3.63) is 58.2 Å². The molecule has 4 aliphatic rings. The molecule has 3 aromatic heterocycles. The topological polar surface area (TPSA) is 159 Å².